The van der Waals surface area contributed by atoms with Gasteiger partial charge in [-0.2, -0.15) is 16.8 Å². The molecule has 1 heterocycles. The first-order valence-corrected chi connectivity index (χ1v) is 18.0. The Kier molecular flexibility index (Phi) is 9.31. The Bertz CT molecular complexity index is 2280. The van der Waals surface area contributed by atoms with Gasteiger partial charge >= 0.3 is 0 Å². The van der Waals surface area contributed by atoms with Crippen LogP contribution in [0.4, 0.5) is 11.4 Å². The highest BCUT2D eigenvalue weighted by Gasteiger charge is 2.38. The van der Waals surface area contributed by atoms with Crippen LogP contribution in [0.2, 0.25) is 0 Å². The van der Waals surface area contributed by atoms with Crippen molar-refractivity contribution in [3.63, 3.8) is 0 Å². The quantitative estimate of drug-likeness (QED) is 0.0912. The maximum absolute atomic E-state index is 13.7. The fraction of sp³-hybridized carbons (Fsp3) is 0. The third kappa shape index (κ3) is 7.45. The van der Waals surface area contributed by atoms with Crippen molar-refractivity contribution in [3.8, 4) is 11.1 Å². The van der Waals surface area contributed by atoms with E-state index in [2.05, 4.69) is 10.6 Å². The third-order valence-corrected chi connectivity index (χ3v) is 10.7. The van der Waals surface area contributed by atoms with E-state index in [1.807, 2.05) is 0 Å². The number of carbonyl (C=O) groups is 4. The van der Waals surface area contributed by atoms with Crippen molar-refractivity contribution in [1.29, 1.82) is 0 Å². The van der Waals surface area contributed by atoms with Crippen LogP contribution >= 0.6 is 0 Å². The molecule has 0 radical (unpaired) electrons. The smallest absolute Gasteiger partial charge is 0.296 e. The van der Waals surface area contributed by atoms with Gasteiger partial charge in [-0.15, -0.1) is 0 Å². The minimum absolute atomic E-state index is 0.382. The Hall–Kier alpha value is -5.59. The zero-order chi connectivity index (χ0) is 35.7. The molecule has 1 aliphatic heterocycles. The van der Waals surface area contributed by atoms with E-state index in [-0.39, 0.29) is 11.1 Å². The van der Waals surface area contributed by atoms with Crippen LogP contribution in [0, 0.1) is 0 Å². The molecular formula is C32H22N2O12S3. The Morgan fingerprint density at radius 3 is 1.20 bits per heavy atom. The number of amides is 2. The summed E-state index contributed by atoms with van der Waals surface area (Å²) >= 11 is 0. The molecule has 0 saturated carbocycles. The molecular weight excluding hydrogens is 701 g/mol. The van der Waals surface area contributed by atoms with Gasteiger partial charge in [-0.25, -0.2) is 8.42 Å². The number of carbonyl (C=O) groups excluding carboxylic acids is 4. The molecule has 4 aromatic rings. The number of benzene rings is 4. The summed E-state index contributed by atoms with van der Waals surface area (Å²) in [5, 5.41) is 4.42. The van der Waals surface area contributed by atoms with Crippen LogP contribution in [0.1, 0.15) is 31.8 Å². The van der Waals surface area contributed by atoms with Crippen molar-refractivity contribution < 1.29 is 53.5 Å². The minimum Gasteiger partial charge on any atom is -0.321 e. The van der Waals surface area contributed by atoms with Crippen molar-refractivity contribution in [2.45, 2.75) is 19.6 Å². The summed E-state index contributed by atoms with van der Waals surface area (Å²) in [6, 6.07) is 15.0. The lowest BCUT2D eigenvalue weighted by molar-refractivity contribution is -0.112. The summed E-state index contributed by atoms with van der Waals surface area (Å²) < 4.78 is 96.7. The summed E-state index contributed by atoms with van der Waals surface area (Å²) in [5.41, 5.74) is -0.270. The van der Waals surface area contributed by atoms with E-state index in [0.29, 0.717) is 34.8 Å². The maximum Gasteiger partial charge on any atom is 0.296 e. The topological polar surface area (TPSA) is 235 Å². The molecule has 0 unspecified atom stereocenters. The molecule has 0 aromatic heterocycles. The summed E-state index contributed by atoms with van der Waals surface area (Å²) in [6.07, 6.45) is 5.86. The molecule has 4 N–H and O–H groups in total. The molecule has 0 aliphatic carbocycles. The van der Waals surface area contributed by atoms with E-state index in [4.69, 9.17) is 0 Å². The van der Waals surface area contributed by atoms with Gasteiger partial charge in [-0.05, 0) is 47.5 Å². The van der Waals surface area contributed by atoms with Crippen molar-refractivity contribution in [1.82, 2.24) is 0 Å². The van der Waals surface area contributed by atoms with Crippen LogP contribution < -0.4 is 10.6 Å². The first-order valence-electron chi connectivity index (χ1n) is 13.7. The van der Waals surface area contributed by atoms with Crippen LogP contribution in [0.3, 0.4) is 0 Å². The van der Waals surface area contributed by atoms with Crippen molar-refractivity contribution in [3.05, 3.63) is 107 Å². The van der Waals surface area contributed by atoms with Crippen LogP contribution in [-0.4, -0.2) is 58.7 Å². The zero-order valence-electron chi connectivity index (χ0n) is 24.6. The molecule has 0 bridgehead atoms. The maximum atomic E-state index is 13.7. The van der Waals surface area contributed by atoms with Gasteiger partial charge in [-0.3, -0.25) is 28.3 Å². The summed E-state index contributed by atoms with van der Waals surface area (Å²) in [4.78, 5) is 44.1. The predicted octanol–water partition coefficient (Wildman–Crippen LogP) is 3.92. The van der Waals surface area contributed by atoms with Crippen molar-refractivity contribution in [2.75, 3.05) is 10.6 Å². The van der Waals surface area contributed by atoms with E-state index in [1.165, 1.54) is 60.7 Å². The Morgan fingerprint density at radius 1 is 0.571 bits per heavy atom. The molecule has 49 heavy (non-hydrogen) atoms. The SMILES string of the molecule is O=Cc1ccc(/C=C/C(=O)Nc2cc3c(cc2S(=O)(=O)O)-c2cc(S(=O)(=O)O)c(NC(=O)/C=C/c4ccc(C=O)cc4)cc2S3(=O)=O)cc1. The van der Waals surface area contributed by atoms with Gasteiger partial charge in [0.1, 0.15) is 22.4 Å². The number of fused-ring (bicyclic) bond motifs is 3. The molecule has 4 aromatic carbocycles. The lowest BCUT2D eigenvalue weighted by Crippen LogP contribution is -2.13. The summed E-state index contributed by atoms with van der Waals surface area (Å²) in [5.74, 6) is -1.85. The normalized spacial score (nSPS) is 13.5. The average molecular weight is 723 g/mol. The van der Waals surface area contributed by atoms with E-state index in [9.17, 15) is 53.5 Å². The van der Waals surface area contributed by atoms with Gasteiger partial charge in [0, 0.05) is 34.4 Å². The fourth-order valence-corrected chi connectivity index (χ4v) is 7.80. The van der Waals surface area contributed by atoms with E-state index >= 15 is 0 Å². The van der Waals surface area contributed by atoms with Gasteiger partial charge in [-0.1, -0.05) is 48.5 Å². The lowest BCUT2D eigenvalue weighted by Gasteiger charge is -2.12. The first-order chi connectivity index (χ1) is 23.0. The van der Waals surface area contributed by atoms with Gasteiger partial charge in [0.05, 0.1) is 21.2 Å². The molecule has 2 amide bonds. The fourth-order valence-electron chi connectivity index (χ4n) is 4.79. The second-order valence-corrected chi connectivity index (χ2v) is 15.0. The lowest BCUT2D eigenvalue weighted by atomic mass is 10.0. The number of hydrogen-bond acceptors (Lipinski definition) is 10. The molecule has 0 atom stereocenters. The third-order valence-electron chi connectivity index (χ3n) is 7.10. The second-order valence-electron chi connectivity index (χ2n) is 10.4. The largest absolute Gasteiger partial charge is 0.321 e. The minimum atomic E-state index is -5.13. The van der Waals surface area contributed by atoms with E-state index < -0.39 is 72.8 Å². The number of sulfone groups is 1. The number of aldehydes is 2. The molecule has 1 aliphatic rings. The predicted molar refractivity (Wildman–Crippen MR) is 176 cm³/mol. The first kappa shape index (κ1) is 34.7. The van der Waals surface area contributed by atoms with Crippen molar-refractivity contribution in [2.24, 2.45) is 0 Å². The molecule has 5 rings (SSSR count). The second kappa shape index (κ2) is 13.1. The van der Waals surface area contributed by atoms with Crippen molar-refractivity contribution >= 4 is 78.0 Å². The standard InChI is InChI=1S/C32H22N2O12S3/c35-17-21-5-1-19(2-6-21)9-11-31(37)33-25-15-27-23(13-29(25)48(41,42)43)24-14-30(49(44,45)46)26(16-28(24)47(27,39)40)34-32(38)12-10-20-3-7-22(18-36)8-4-20/h1-18H,(H,33,37)(H,34,38)(H,41,42,43)(H,44,45,46)/b11-9+,12-10+. The molecule has 0 fully saturated rings. The van der Waals surface area contributed by atoms with E-state index in [0.717, 1.165) is 36.4 Å². The van der Waals surface area contributed by atoms with Gasteiger partial charge in [0.2, 0.25) is 21.7 Å². The monoisotopic (exact) mass is 722 g/mol. The van der Waals surface area contributed by atoms with Crippen LogP contribution in [0.15, 0.2) is 105 Å². The van der Waals surface area contributed by atoms with E-state index in [1.54, 1.807) is 0 Å². The van der Waals surface area contributed by atoms with Gasteiger partial charge in [0.15, 0.2) is 0 Å². The average Bonchev–Trinajstić information content (AvgIpc) is 3.26. The Balaban J connectivity index is 1.53. The molecule has 17 heteroatoms. The van der Waals surface area contributed by atoms with Crippen LogP contribution in [0.5, 0.6) is 0 Å². The molecule has 14 nitrogen and oxygen atoms in total. The Morgan fingerprint density at radius 2 is 0.898 bits per heavy atom. The van der Waals surface area contributed by atoms with Crippen LogP contribution in [-0.2, 0) is 39.7 Å². The molecule has 0 saturated heterocycles. The number of anilines is 2. The summed E-state index contributed by atoms with van der Waals surface area (Å²) in [7, 11) is -14.8. The van der Waals surface area contributed by atoms with Gasteiger partial charge in [0.25, 0.3) is 20.2 Å². The molecule has 0 spiro atoms. The summed E-state index contributed by atoms with van der Waals surface area (Å²) in [6.45, 7) is 0. The van der Waals surface area contributed by atoms with Gasteiger partial charge < -0.3 is 10.6 Å². The zero-order valence-corrected chi connectivity index (χ0v) is 27.0. The van der Waals surface area contributed by atoms with Crippen LogP contribution in [0.25, 0.3) is 23.3 Å². The Labute approximate surface area is 279 Å². The number of hydrogen-bond donors (Lipinski definition) is 4. The highest BCUT2D eigenvalue weighted by atomic mass is 32.2. The highest BCUT2D eigenvalue weighted by Crippen LogP contribution is 2.48. The molecule has 250 valence electrons. The number of rotatable bonds is 10. The number of nitrogens with one attached hydrogen (secondary N) is 2. The highest BCUT2D eigenvalue weighted by molar-refractivity contribution is 7.92.